The van der Waals surface area contributed by atoms with E-state index in [0.29, 0.717) is 35.7 Å². The standard InChI is InChI=1S/C26H27N3O5S/c1-19-17-23(14-15-24(19)34-2)35(32,33)29(22-7-4-3-5-8-22)18-25(30)27-20-10-12-21(13-11-20)28-16-6-9-26(28)31/h3-5,7-8,10-15,17H,6,9,16,18H2,1-2H3,(H,27,30). The van der Waals surface area contributed by atoms with Gasteiger partial charge in [-0.3, -0.25) is 13.9 Å². The number of nitrogens with one attached hydrogen (secondary N) is 1. The molecule has 9 heteroatoms. The van der Waals surface area contributed by atoms with Gasteiger partial charge in [0.2, 0.25) is 11.8 Å². The van der Waals surface area contributed by atoms with Gasteiger partial charge in [0.05, 0.1) is 17.7 Å². The Labute approximate surface area is 205 Å². The summed E-state index contributed by atoms with van der Waals surface area (Å²) in [5, 5.41) is 2.76. The first-order chi connectivity index (χ1) is 16.8. The summed E-state index contributed by atoms with van der Waals surface area (Å²) < 4.78 is 33.5. The monoisotopic (exact) mass is 493 g/mol. The number of carbonyl (C=O) groups excluding carboxylic acids is 2. The Morgan fingerprint density at radius 1 is 1.06 bits per heavy atom. The molecule has 3 aromatic rings. The molecule has 8 nitrogen and oxygen atoms in total. The highest BCUT2D eigenvalue weighted by Gasteiger charge is 2.28. The number of methoxy groups -OCH3 is 1. The third-order valence-electron chi connectivity index (χ3n) is 5.82. The molecule has 1 saturated heterocycles. The van der Waals surface area contributed by atoms with Crippen LogP contribution < -0.4 is 19.3 Å². The Kier molecular flexibility index (Phi) is 7.07. The first kappa shape index (κ1) is 24.3. The van der Waals surface area contributed by atoms with E-state index in [9.17, 15) is 18.0 Å². The molecule has 182 valence electrons. The maximum atomic E-state index is 13.6. The van der Waals surface area contributed by atoms with Crippen LogP contribution in [0.5, 0.6) is 5.75 Å². The lowest BCUT2D eigenvalue weighted by Gasteiger charge is -2.24. The second-order valence-electron chi connectivity index (χ2n) is 8.22. The third-order valence-corrected chi connectivity index (χ3v) is 7.59. The number of hydrogen-bond acceptors (Lipinski definition) is 5. The molecule has 0 aromatic heterocycles. The molecule has 0 saturated carbocycles. The molecular formula is C26H27N3O5S. The second kappa shape index (κ2) is 10.2. The van der Waals surface area contributed by atoms with Gasteiger partial charge in [0, 0.05) is 24.3 Å². The van der Waals surface area contributed by atoms with E-state index >= 15 is 0 Å². The van der Waals surface area contributed by atoms with Crippen molar-refractivity contribution in [3.63, 3.8) is 0 Å². The molecular weight excluding hydrogens is 466 g/mol. The molecule has 0 aliphatic carbocycles. The van der Waals surface area contributed by atoms with Crippen LogP contribution in [0.2, 0.25) is 0 Å². The van der Waals surface area contributed by atoms with Gasteiger partial charge in [0.1, 0.15) is 12.3 Å². The van der Waals surface area contributed by atoms with E-state index in [4.69, 9.17) is 4.74 Å². The summed E-state index contributed by atoms with van der Waals surface area (Å²) in [6, 6.07) is 20.0. The number of anilines is 3. The normalized spacial score (nSPS) is 13.5. The molecule has 3 aromatic carbocycles. The van der Waals surface area contributed by atoms with Crippen LogP contribution in [-0.2, 0) is 19.6 Å². The fourth-order valence-electron chi connectivity index (χ4n) is 4.02. The van der Waals surface area contributed by atoms with Crippen LogP contribution in [0.1, 0.15) is 18.4 Å². The molecule has 0 atom stereocenters. The first-order valence-corrected chi connectivity index (χ1v) is 12.7. The molecule has 1 aliphatic heterocycles. The van der Waals surface area contributed by atoms with Gasteiger partial charge >= 0.3 is 0 Å². The molecule has 0 spiro atoms. The van der Waals surface area contributed by atoms with Crippen LogP contribution in [0.4, 0.5) is 17.1 Å². The van der Waals surface area contributed by atoms with Crippen LogP contribution in [0, 0.1) is 6.92 Å². The summed E-state index contributed by atoms with van der Waals surface area (Å²) >= 11 is 0. The maximum absolute atomic E-state index is 13.6. The zero-order chi connectivity index (χ0) is 25.0. The Morgan fingerprint density at radius 2 is 1.77 bits per heavy atom. The van der Waals surface area contributed by atoms with Gasteiger partial charge in [0.15, 0.2) is 0 Å². The number of amides is 2. The Bertz CT molecular complexity index is 1320. The van der Waals surface area contributed by atoms with E-state index in [1.54, 1.807) is 72.5 Å². The molecule has 35 heavy (non-hydrogen) atoms. The average Bonchev–Trinajstić information content (AvgIpc) is 3.29. The number of hydrogen-bond donors (Lipinski definition) is 1. The minimum absolute atomic E-state index is 0.0621. The highest BCUT2D eigenvalue weighted by atomic mass is 32.2. The number of aryl methyl sites for hydroxylation is 1. The lowest BCUT2D eigenvalue weighted by Crippen LogP contribution is -2.38. The smallest absolute Gasteiger partial charge is 0.264 e. The molecule has 2 amide bonds. The molecule has 4 rings (SSSR count). The number of para-hydroxylation sites is 1. The van der Waals surface area contributed by atoms with E-state index in [1.807, 2.05) is 0 Å². The fourth-order valence-corrected chi connectivity index (χ4v) is 5.53. The summed E-state index contributed by atoms with van der Waals surface area (Å²) in [6.07, 6.45) is 1.37. The van der Waals surface area contributed by atoms with E-state index < -0.39 is 22.5 Å². The van der Waals surface area contributed by atoms with Gasteiger partial charge in [-0.25, -0.2) is 8.42 Å². The Morgan fingerprint density at radius 3 is 2.37 bits per heavy atom. The van der Waals surface area contributed by atoms with Crippen LogP contribution in [0.3, 0.4) is 0 Å². The molecule has 0 unspecified atom stereocenters. The van der Waals surface area contributed by atoms with Crippen molar-refractivity contribution in [1.29, 1.82) is 0 Å². The van der Waals surface area contributed by atoms with E-state index in [2.05, 4.69) is 5.32 Å². The van der Waals surface area contributed by atoms with Gasteiger partial charge < -0.3 is 15.0 Å². The van der Waals surface area contributed by atoms with E-state index in [0.717, 1.165) is 16.4 Å². The van der Waals surface area contributed by atoms with Crippen molar-refractivity contribution in [3.05, 3.63) is 78.4 Å². The van der Waals surface area contributed by atoms with Gasteiger partial charge in [-0.1, -0.05) is 18.2 Å². The largest absolute Gasteiger partial charge is 0.496 e. The van der Waals surface area contributed by atoms with E-state index in [1.165, 1.54) is 19.2 Å². The number of ether oxygens (including phenoxy) is 1. The summed E-state index contributed by atoms with van der Waals surface area (Å²) in [5.74, 6) is 0.166. The highest BCUT2D eigenvalue weighted by Crippen LogP contribution is 2.28. The minimum atomic E-state index is -4.04. The van der Waals surface area contributed by atoms with Crippen LogP contribution >= 0.6 is 0 Å². The van der Waals surface area contributed by atoms with Crippen molar-refractivity contribution in [1.82, 2.24) is 0 Å². The van der Waals surface area contributed by atoms with Crippen molar-refractivity contribution >= 4 is 38.9 Å². The van der Waals surface area contributed by atoms with Crippen molar-refractivity contribution in [2.45, 2.75) is 24.7 Å². The van der Waals surface area contributed by atoms with E-state index in [-0.39, 0.29) is 10.8 Å². The zero-order valence-corrected chi connectivity index (χ0v) is 20.4. The van der Waals surface area contributed by atoms with Crippen LogP contribution in [0.25, 0.3) is 0 Å². The maximum Gasteiger partial charge on any atom is 0.264 e. The van der Waals surface area contributed by atoms with Crippen molar-refractivity contribution in [2.75, 3.05) is 34.7 Å². The first-order valence-electron chi connectivity index (χ1n) is 11.2. The number of sulfonamides is 1. The topological polar surface area (TPSA) is 96.0 Å². The summed E-state index contributed by atoms with van der Waals surface area (Å²) in [5.41, 5.74) is 2.33. The summed E-state index contributed by atoms with van der Waals surface area (Å²) in [7, 11) is -2.52. The number of carbonyl (C=O) groups is 2. The lowest BCUT2D eigenvalue weighted by atomic mass is 10.2. The Balaban J connectivity index is 1.55. The van der Waals surface area contributed by atoms with Gasteiger partial charge in [-0.05, 0) is 73.5 Å². The van der Waals surface area contributed by atoms with Crippen LogP contribution in [0.15, 0.2) is 77.7 Å². The zero-order valence-electron chi connectivity index (χ0n) is 19.6. The van der Waals surface area contributed by atoms with Gasteiger partial charge in [0.25, 0.3) is 10.0 Å². The quantitative estimate of drug-likeness (QED) is 0.512. The summed E-state index contributed by atoms with van der Waals surface area (Å²) in [6.45, 7) is 2.03. The predicted octanol–water partition coefficient (Wildman–Crippen LogP) is 3.96. The highest BCUT2D eigenvalue weighted by molar-refractivity contribution is 7.92. The number of benzene rings is 3. The molecule has 1 aliphatic rings. The van der Waals surface area contributed by atoms with Crippen molar-refractivity contribution in [3.8, 4) is 5.75 Å². The molecule has 0 radical (unpaired) electrons. The third kappa shape index (κ3) is 5.30. The molecule has 1 fully saturated rings. The summed E-state index contributed by atoms with van der Waals surface area (Å²) in [4.78, 5) is 26.7. The molecule has 1 N–H and O–H groups in total. The minimum Gasteiger partial charge on any atom is -0.496 e. The number of rotatable bonds is 8. The average molecular weight is 494 g/mol. The number of nitrogens with zero attached hydrogens (tertiary/aromatic N) is 2. The predicted molar refractivity (Wildman–Crippen MR) is 135 cm³/mol. The van der Waals surface area contributed by atoms with Crippen molar-refractivity contribution in [2.24, 2.45) is 0 Å². The molecule has 0 bridgehead atoms. The Hall–Kier alpha value is -3.85. The lowest BCUT2D eigenvalue weighted by molar-refractivity contribution is -0.117. The van der Waals surface area contributed by atoms with Crippen molar-refractivity contribution < 1.29 is 22.7 Å². The van der Waals surface area contributed by atoms with Crippen LogP contribution in [-0.4, -0.2) is 40.4 Å². The van der Waals surface area contributed by atoms with Gasteiger partial charge in [-0.2, -0.15) is 0 Å². The fraction of sp³-hybridized carbons (Fsp3) is 0.231. The SMILES string of the molecule is COc1ccc(S(=O)(=O)N(CC(=O)Nc2ccc(N3CCCC3=O)cc2)c2ccccc2)cc1C. The second-order valence-corrected chi connectivity index (χ2v) is 10.1. The van der Waals surface area contributed by atoms with Gasteiger partial charge in [-0.15, -0.1) is 0 Å². The molecule has 1 heterocycles.